The first-order valence-corrected chi connectivity index (χ1v) is 8.08. The lowest BCUT2D eigenvalue weighted by Gasteiger charge is -2.13. The first-order chi connectivity index (χ1) is 11.7. The molecule has 120 valence electrons. The molecule has 1 aliphatic rings. The number of aromatic nitrogens is 1. The van der Waals surface area contributed by atoms with E-state index in [4.69, 9.17) is 4.74 Å². The van der Waals surface area contributed by atoms with Gasteiger partial charge in [0.1, 0.15) is 0 Å². The maximum absolute atomic E-state index is 14.0. The second-order valence-corrected chi connectivity index (χ2v) is 6.14. The summed E-state index contributed by atoms with van der Waals surface area (Å²) in [5, 5.41) is 10.3. The van der Waals surface area contributed by atoms with Crippen LogP contribution in [0.5, 0.6) is 5.75 Å². The number of benzene rings is 2. The summed E-state index contributed by atoms with van der Waals surface area (Å²) in [6.07, 6.45) is 3.18. The Morgan fingerprint density at radius 3 is 2.92 bits per heavy atom. The van der Waals surface area contributed by atoms with E-state index in [2.05, 4.69) is 10.6 Å². The summed E-state index contributed by atoms with van der Waals surface area (Å²) < 4.78 is 21.5. The Hall–Kier alpha value is -2.80. The summed E-state index contributed by atoms with van der Waals surface area (Å²) in [5.41, 5.74) is 5.24. The van der Waals surface area contributed by atoms with E-state index in [1.807, 2.05) is 24.3 Å². The Morgan fingerprint density at radius 1 is 1.25 bits per heavy atom. The Kier molecular flexibility index (Phi) is 3.50. The van der Waals surface area contributed by atoms with Crippen LogP contribution in [-0.2, 0) is 19.4 Å². The normalized spacial score (nSPS) is 13.0. The Morgan fingerprint density at radius 2 is 2.12 bits per heavy atom. The van der Waals surface area contributed by atoms with E-state index in [0.29, 0.717) is 17.9 Å². The number of hydrogen-bond acceptors (Lipinski definition) is 2. The number of hydrogen-bond donors (Lipinski definition) is 0. The van der Waals surface area contributed by atoms with Crippen LogP contribution in [0.4, 0.5) is 4.39 Å². The van der Waals surface area contributed by atoms with Crippen LogP contribution in [0.25, 0.3) is 10.9 Å². The van der Waals surface area contributed by atoms with Crippen molar-refractivity contribution in [2.45, 2.75) is 25.8 Å². The molecule has 0 saturated carbocycles. The smallest absolute Gasteiger partial charge is 0.165 e. The average molecular weight is 320 g/mol. The Bertz CT molecular complexity index is 981. The molecule has 1 aromatic heterocycles. The summed E-state index contributed by atoms with van der Waals surface area (Å²) in [6.45, 7) is 0.568. The first-order valence-electron chi connectivity index (χ1n) is 8.08. The van der Waals surface area contributed by atoms with Gasteiger partial charge >= 0.3 is 0 Å². The number of fused-ring (bicyclic) bond motifs is 3. The standard InChI is InChI=1S/C20H17FN2O/c1-24-20-14(4-2-6-17(20)21)12-23-18-7-3-5-15(18)16-10-13(11-22)8-9-19(16)23/h2,4,6,8-10H,3,5,7,12H2,1H3. The van der Waals surface area contributed by atoms with E-state index in [1.165, 1.54) is 24.4 Å². The molecule has 3 nitrogen and oxygen atoms in total. The molecule has 0 radical (unpaired) electrons. The minimum atomic E-state index is -0.338. The summed E-state index contributed by atoms with van der Waals surface area (Å²) in [4.78, 5) is 0. The SMILES string of the molecule is COc1c(F)cccc1Cn1c2c(c3cc(C#N)ccc31)CCC2. The third-order valence-corrected chi connectivity index (χ3v) is 4.84. The van der Waals surface area contributed by atoms with E-state index in [0.717, 1.165) is 35.7 Å². The van der Waals surface area contributed by atoms with Crippen LogP contribution in [0.3, 0.4) is 0 Å². The number of para-hydroxylation sites is 1. The lowest BCUT2D eigenvalue weighted by atomic mass is 10.1. The van der Waals surface area contributed by atoms with Crippen molar-refractivity contribution in [2.24, 2.45) is 0 Å². The molecule has 0 atom stereocenters. The van der Waals surface area contributed by atoms with Gasteiger partial charge in [0.05, 0.1) is 25.3 Å². The van der Waals surface area contributed by atoms with Gasteiger partial charge in [-0.1, -0.05) is 12.1 Å². The highest BCUT2D eigenvalue weighted by atomic mass is 19.1. The fourth-order valence-corrected chi connectivity index (χ4v) is 3.80. The second-order valence-electron chi connectivity index (χ2n) is 6.14. The number of methoxy groups -OCH3 is 1. The van der Waals surface area contributed by atoms with E-state index in [9.17, 15) is 9.65 Å². The number of ether oxygens (including phenoxy) is 1. The highest BCUT2D eigenvalue weighted by Crippen LogP contribution is 2.35. The van der Waals surface area contributed by atoms with Crippen molar-refractivity contribution in [3.8, 4) is 11.8 Å². The zero-order valence-electron chi connectivity index (χ0n) is 13.5. The van der Waals surface area contributed by atoms with Crippen molar-refractivity contribution in [1.29, 1.82) is 5.26 Å². The summed E-state index contributed by atoms with van der Waals surface area (Å²) in [7, 11) is 1.50. The van der Waals surface area contributed by atoms with Gasteiger partial charge in [-0.2, -0.15) is 5.26 Å². The zero-order valence-corrected chi connectivity index (χ0v) is 13.5. The van der Waals surface area contributed by atoms with Crippen molar-refractivity contribution in [1.82, 2.24) is 4.57 Å². The molecule has 2 aromatic carbocycles. The van der Waals surface area contributed by atoms with Gasteiger partial charge < -0.3 is 9.30 Å². The molecule has 4 rings (SSSR count). The summed E-state index contributed by atoms with van der Waals surface area (Å²) in [6, 6.07) is 13.1. The molecule has 0 bridgehead atoms. The predicted molar refractivity (Wildman–Crippen MR) is 90.7 cm³/mol. The molecule has 0 saturated heterocycles. The van der Waals surface area contributed by atoms with Crippen LogP contribution >= 0.6 is 0 Å². The monoisotopic (exact) mass is 320 g/mol. The molecule has 0 unspecified atom stereocenters. The fourth-order valence-electron chi connectivity index (χ4n) is 3.80. The first kappa shape index (κ1) is 14.8. The largest absolute Gasteiger partial charge is 0.493 e. The van der Waals surface area contributed by atoms with Crippen LogP contribution in [0.2, 0.25) is 0 Å². The van der Waals surface area contributed by atoms with Gasteiger partial charge in [-0.25, -0.2) is 4.39 Å². The van der Waals surface area contributed by atoms with Crippen molar-refractivity contribution in [3.05, 3.63) is 64.6 Å². The number of nitriles is 1. The molecule has 24 heavy (non-hydrogen) atoms. The van der Waals surface area contributed by atoms with Gasteiger partial charge in [-0.3, -0.25) is 0 Å². The molecule has 0 amide bonds. The summed E-state index contributed by atoms with van der Waals surface area (Å²) >= 11 is 0. The van der Waals surface area contributed by atoms with Crippen LogP contribution in [0.1, 0.15) is 28.8 Å². The second kappa shape index (κ2) is 5.68. The molecular weight excluding hydrogens is 303 g/mol. The van der Waals surface area contributed by atoms with Gasteiger partial charge in [0, 0.05) is 22.2 Å². The number of aryl methyl sites for hydroxylation is 1. The van der Waals surface area contributed by atoms with E-state index >= 15 is 0 Å². The number of rotatable bonds is 3. The third kappa shape index (κ3) is 2.16. The maximum atomic E-state index is 14.0. The number of halogens is 1. The van der Waals surface area contributed by atoms with E-state index < -0.39 is 0 Å². The van der Waals surface area contributed by atoms with Crippen molar-refractivity contribution in [3.63, 3.8) is 0 Å². The molecule has 0 fully saturated rings. The molecule has 1 heterocycles. The molecule has 1 aliphatic carbocycles. The highest BCUT2D eigenvalue weighted by molar-refractivity contribution is 5.87. The lowest BCUT2D eigenvalue weighted by molar-refractivity contribution is 0.380. The molecular formula is C20H17FN2O. The molecule has 4 heteroatoms. The Labute approximate surface area is 139 Å². The minimum absolute atomic E-state index is 0.305. The van der Waals surface area contributed by atoms with Gasteiger partial charge in [-0.05, 0) is 49.1 Å². The van der Waals surface area contributed by atoms with Gasteiger partial charge in [0.25, 0.3) is 0 Å². The van der Waals surface area contributed by atoms with Crippen molar-refractivity contribution in [2.75, 3.05) is 7.11 Å². The fraction of sp³-hybridized carbons (Fsp3) is 0.250. The van der Waals surface area contributed by atoms with Crippen LogP contribution in [0.15, 0.2) is 36.4 Å². The van der Waals surface area contributed by atoms with Crippen molar-refractivity contribution >= 4 is 10.9 Å². The molecule has 0 aliphatic heterocycles. The zero-order chi connectivity index (χ0) is 16.7. The minimum Gasteiger partial charge on any atom is -0.493 e. The Balaban J connectivity index is 1.89. The number of nitrogens with zero attached hydrogens (tertiary/aromatic N) is 2. The van der Waals surface area contributed by atoms with Crippen LogP contribution < -0.4 is 4.74 Å². The average Bonchev–Trinajstić information content (AvgIpc) is 3.17. The molecule has 3 aromatic rings. The van der Waals surface area contributed by atoms with Gasteiger partial charge in [-0.15, -0.1) is 0 Å². The van der Waals surface area contributed by atoms with Crippen LogP contribution in [-0.4, -0.2) is 11.7 Å². The van der Waals surface area contributed by atoms with Crippen LogP contribution in [0, 0.1) is 17.1 Å². The predicted octanol–water partition coefficient (Wildman–Crippen LogP) is 4.20. The quantitative estimate of drug-likeness (QED) is 0.725. The maximum Gasteiger partial charge on any atom is 0.165 e. The summed E-state index contributed by atoms with van der Waals surface area (Å²) in [5.74, 6) is -0.0328. The molecule has 0 N–H and O–H groups in total. The van der Waals surface area contributed by atoms with E-state index in [1.54, 1.807) is 6.07 Å². The van der Waals surface area contributed by atoms with Crippen molar-refractivity contribution < 1.29 is 9.13 Å². The molecule has 0 spiro atoms. The highest BCUT2D eigenvalue weighted by Gasteiger charge is 2.22. The third-order valence-electron chi connectivity index (χ3n) is 4.84. The topological polar surface area (TPSA) is 38.0 Å². The lowest BCUT2D eigenvalue weighted by Crippen LogP contribution is -2.06. The van der Waals surface area contributed by atoms with E-state index in [-0.39, 0.29) is 5.82 Å². The van der Waals surface area contributed by atoms with Gasteiger partial charge in [0.15, 0.2) is 11.6 Å². The van der Waals surface area contributed by atoms with Gasteiger partial charge in [0.2, 0.25) is 0 Å².